The zero-order valence-corrected chi connectivity index (χ0v) is 8.93. The fourth-order valence-corrected chi connectivity index (χ4v) is 2.56. The number of rotatable bonds is 1. The van der Waals surface area contributed by atoms with Gasteiger partial charge >= 0.3 is 0 Å². The largest absolute Gasteiger partial charge is 0.379 e. The van der Waals surface area contributed by atoms with E-state index in [4.69, 9.17) is 4.74 Å². The summed E-state index contributed by atoms with van der Waals surface area (Å²) in [6, 6.07) is 0.943. The van der Waals surface area contributed by atoms with E-state index < -0.39 is 0 Å². The number of hydrogen-bond donors (Lipinski definition) is 1. The molecule has 0 aromatic carbocycles. The Morgan fingerprint density at radius 3 is 2.92 bits per heavy atom. The summed E-state index contributed by atoms with van der Waals surface area (Å²) in [5.74, 6) is 0. The molecular formula is C9H16N2OS. The zero-order valence-electron chi connectivity index (χ0n) is 8.12. The maximum absolute atomic E-state index is 5.29. The Hall–Kier alpha value is -0.220. The second-order valence-corrected chi connectivity index (χ2v) is 5.07. The van der Waals surface area contributed by atoms with Gasteiger partial charge in [-0.25, -0.2) is 0 Å². The third-order valence-electron chi connectivity index (χ3n) is 2.56. The normalized spacial score (nSPS) is 39.2. The van der Waals surface area contributed by atoms with Gasteiger partial charge in [-0.3, -0.25) is 4.99 Å². The third-order valence-corrected chi connectivity index (χ3v) is 3.77. The molecule has 4 heteroatoms. The van der Waals surface area contributed by atoms with Crippen molar-refractivity contribution in [2.24, 2.45) is 4.99 Å². The van der Waals surface area contributed by atoms with Crippen molar-refractivity contribution < 1.29 is 4.74 Å². The van der Waals surface area contributed by atoms with E-state index in [0.29, 0.717) is 17.3 Å². The van der Waals surface area contributed by atoms with E-state index in [1.165, 1.54) is 0 Å². The summed E-state index contributed by atoms with van der Waals surface area (Å²) in [6.07, 6.45) is 1.11. The predicted octanol–water partition coefficient (Wildman–Crippen LogP) is 1.24. The van der Waals surface area contributed by atoms with Crippen LogP contribution in [0.3, 0.4) is 0 Å². The predicted molar refractivity (Wildman–Crippen MR) is 56.3 cm³/mol. The van der Waals surface area contributed by atoms with Crippen LogP contribution < -0.4 is 5.32 Å². The van der Waals surface area contributed by atoms with Gasteiger partial charge in [0.15, 0.2) is 5.17 Å². The number of ether oxygens (including phenoxy) is 1. The second-order valence-electron chi connectivity index (χ2n) is 3.70. The van der Waals surface area contributed by atoms with Crippen molar-refractivity contribution in [1.82, 2.24) is 5.32 Å². The minimum Gasteiger partial charge on any atom is -0.379 e. The highest BCUT2D eigenvalue weighted by Gasteiger charge is 2.25. The van der Waals surface area contributed by atoms with Gasteiger partial charge in [-0.1, -0.05) is 18.7 Å². The molecule has 2 heterocycles. The molecule has 1 fully saturated rings. The number of thioether (sulfide) groups is 1. The number of aliphatic imine (C=N–C) groups is 1. The molecule has 0 aliphatic carbocycles. The van der Waals surface area contributed by atoms with Crippen molar-refractivity contribution in [2.75, 3.05) is 13.2 Å². The Morgan fingerprint density at radius 2 is 2.38 bits per heavy atom. The lowest BCUT2D eigenvalue weighted by atomic mass is 10.3. The van der Waals surface area contributed by atoms with Crippen molar-refractivity contribution in [1.29, 1.82) is 0 Å². The molecule has 3 unspecified atom stereocenters. The Bertz CT molecular complexity index is 214. The molecule has 1 saturated heterocycles. The Kier molecular flexibility index (Phi) is 2.79. The van der Waals surface area contributed by atoms with Gasteiger partial charge in [-0.05, 0) is 13.3 Å². The molecule has 3 atom stereocenters. The smallest absolute Gasteiger partial charge is 0.157 e. The van der Waals surface area contributed by atoms with Crippen LogP contribution in [0.25, 0.3) is 0 Å². The summed E-state index contributed by atoms with van der Waals surface area (Å²) in [5.41, 5.74) is 0. The fourth-order valence-electron chi connectivity index (χ4n) is 1.49. The van der Waals surface area contributed by atoms with Crippen LogP contribution in [0.4, 0.5) is 0 Å². The minimum atomic E-state index is 0.454. The maximum atomic E-state index is 5.29. The average molecular weight is 200 g/mol. The molecule has 2 aliphatic heterocycles. The van der Waals surface area contributed by atoms with Gasteiger partial charge in [0.25, 0.3) is 0 Å². The van der Waals surface area contributed by atoms with Gasteiger partial charge in [-0.2, -0.15) is 0 Å². The highest BCUT2D eigenvalue weighted by Crippen LogP contribution is 2.25. The van der Waals surface area contributed by atoms with E-state index >= 15 is 0 Å². The van der Waals surface area contributed by atoms with E-state index in [1.807, 2.05) is 11.8 Å². The lowest BCUT2D eigenvalue weighted by molar-refractivity contribution is 0.192. The SMILES string of the molecule is CC1N=C(NC2CCOC2)SC1C. The molecule has 0 saturated carbocycles. The Labute approximate surface area is 83.3 Å². The monoisotopic (exact) mass is 200 g/mol. The maximum Gasteiger partial charge on any atom is 0.157 e. The summed E-state index contributed by atoms with van der Waals surface area (Å²) < 4.78 is 5.29. The standard InChI is InChI=1S/C9H16N2OS/c1-6-7(2)13-9(10-6)11-8-3-4-12-5-8/h6-8H,3-5H2,1-2H3,(H,10,11). The molecule has 3 nitrogen and oxygen atoms in total. The van der Waals surface area contributed by atoms with Crippen LogP contribution in [0, 0.1) is 0 Å². The van der Waals surface area contributed by atoms with Crippen LogP contribution in [0.2, 0.25) is 0 Å². The first-order valence-electron chi connectivity index (χ1n) is 4.84. The first kappa shape index (κ1) is 9.34. The van der Waals surface area contributed by atoms with E-state index in [9.17, 15) is 0 Å². The van der Waals surface area contributed by atoms with Gasteiger partial charge in [0, 0.05) is 11.9 Å². The number of hydrogen-bond acceptors (Lipinski definition) is 4. The lowest BCUT2D eigenvalue weighted by Crippen LogP contribution is -2.32. The van der Waals surface area contributed by atoms with Crippen LogP contribution in [-0.2, 0) is 4.74 Å². The zero-order chi connectivity index (χ0) is 9.26. The topological polar surface area (TPSA) is 33.6 Å². The van der Waals surface area contributed by atoms with Crippen LogP contribution in [0.15, 0.2) is 4.99 Å². The highest BCUT2D eigenvalue weighted by atomic mass is 32.2. The van der Waals surface area contributed by atoms with Crippen LogP contribution in [0.5, 0.6) is 0 Å². The van der Waals surface area contributed by atoms with Crippen molar-refractivity contribution >= 4 is 16.9 Å². The number of nitrogens with zero attached hydrogens (tertiary/aromatic N) is 1. The average Bonchev–Trinajstić information content (AvgIpc) is 2.64. The molecule has 0 amide bonds. The molecule has 1 N–H and O–H groups in total. The Balaban J connectivity index is 1.85. The first-order valence-corrected chi connectivity index (χ1v) is 5.72. The highest BCUT2D eigenvalue weighted by molar-refractivity contribution is 8.14. The van der Waals surface area contributed by atoms with Gasteiger partial charge in [0.1, 0.15) is 0 Å². The number of amidine groups is 1. The quantitative estimate of drug-likeness (QED) is 0.691. The summed E-state index contributed by atoms with van der Waals surface area (Å²) >= 11 is 1.84. The van der Waals surface area contributed by atoms with Gasteiger partial charge in [0.05, 0.1) is 18.7 Å². The lowest BCUT2D eigenvalue weighted by Gasteiger charge is -2.10. The van der Waals surface area contributed by atoms with Crippen molar-refractivity contribution in [2.45, 2.75) is 37.6 Å². The van der Waals surface area contributed by atoms with Crippen molar-refractivity contribution in [3.63, 3.8) is 0 Å². The van der Waals surface area contributed by atoms with E-state index in [-0.39, 0.29) is 0 Å². The van der Waals surface area contributed by atoms with Crippen molar-refractivity contribution in [3.05, 3.63) is 0 Å². The van der Waals surface area contributed by atoms with E-state index in [0.717, 1.165) is 24.8 Å². The molecule has 2 rings (SSSR count). The van der Waals surface area contributed by atoms with Crippen LogP contribution in [-0.4, -0.2) is 35.7 Å². The molecule has 0 aromatic heterocycles. The summed E-state index contributed by atoms with van der Waals surface area (Å²) in [7, 11) is 0. The van der Waals surface area contributed by atoms with E-state index in [1.54, 1.807) is 0 Å². The second kappa shape index (κ2) is 3.88. The fraction of sp³-hybridized carbons (Fsp3) is 0.889. The molecule has 74 valence electrons. The number of nitrogens with one attached hydrogen (secondary N) is 1. The molecule has 2 aliphatic rings. The van der Waals surface area contributed by atoms with Gasteiger partial charge < -0.3 is 10.1 Å². The molecule has 0 spiro atoms. The van der Waals surface area contributed by atoms with Crippen LogP contribution in [0.1, 0.15) is 20.3 Å². The van der Waals surface area contributed by atoms with Gasteiger partial charge in [-0.15, -0.1) is 0 Å². The van der Waals surface area contributed by atoms with E-state index in [2.05, 4.69) is 24.2 Å². The Morgan fingerprint density at radius 1 is 1.54 bits per heavy atom. The third kappa shape index (κ3) is 2.17. The molecule has 0 bridgehead atoms. The summed E-state index contributed by atoms with van der Waals surface area (Å²) in [6.45, 7) is 6.11. The first-order chi connectivity index (χ1) is 6.25. The molecule has 0 radical (unpaired) electrons. The van der Waals surface area contributed by atoms with Crippen LogP contribution >= 0.6 is 11.8 Å². The summed E-state index contributed by atoms with van der Waals surface area (Å²) in [4.78, 5) is 4.55. The summed E-state index contributed by atoms with van der Waals surface area (Å²) in [5, 5.41) is 5.15. The molecular weight excluding hydrogens is 184 g/mol. The minimum absolute atomic E-state index is 0.454. The van der Waals surface area contributed by atoms with Gasteiger partial charge in [0.2, 0.25) is 0 Å². The molecule has 13 heavy (non-hydrogen) atoms. The molecule has 0 aromatic rings. The van der Waals surface area contributed by atoms with Crippen molar-refractivity contribution in [3.8, 4) is 0 Å².